The molecular weight excluding hydrogens is 930 g/mol. The second-order valence-electron chi connectivity index (χ2n) is 18.0. The molecule has 1 saturated heterocycles. The number of hydrogen-bond acceptors (Lipinski definition) is 16. The van der Waals surface area contributed by atoms with Crippen LogP contribution in [0, 0.1) is 11.8 Å². The van der Waals surface area contributed by atoms with Gasteiger partial charge in [0.25, 0.3) is 0 Å². The van der Waals surface area contributed by atoms with Crippen molar-refractivity contribution in [3.05, 3.63) is 36.5 Å². The van der Waals surface area contributed by atoms with Crippen molar-refractivity contribution in [3.63, 3.8) is 0 Å². The summed E-state index contributed by atoms with van der Waals surface area (Å²) in [6, 6.07) is 0. The Morgan fingerprint density at radius 3 is 2.13 bits per heavy atom. The first kappa shape index (κ1) is 61.9. The van der Waals surface area contributed by atoms with Crippen molar-refractivity contribution < 1.29 is 91.9 Å². The zero-order valence-electron chi connectivity index (χ0n) is 40.0. The fourth-order valence-electron chi connectivity index (χ4n) is 8.14. The van der Waals surface area contributed by atoms with Gasteiger partial charge in [0.05, 0.1) is 31.0 Å². The van der Waals surface area contributed by atoms with E-state index < -0.39 is 120 Å². The van der Waals surface area contributed by atoms with Crippen LogP contribution in [0.25, 0.3) is 0 Å². The van der Waals surface area contributed by atoms with E-state index in [2.05, 4.69) is 31.2 Å². The molecule has 0 aromatic rings. The van der Waals surface area contributed by atoms with Crippen molar-refractivity contribution in [2.24, 2.45) is 11.8 Å². The molecule has 9 N–H and O–H groups in total. The average Bonchev–Trinajstić information content (AvgIpc) is 3.28. The van der Waals surface area contributed by atoms with E-state index in [1.54, 1.807) is 0 Å². The number of phosphoric ester groups is 2. The second kappa shape index (κ2) is 34.2. The summed E-state index contributed by atoms with van der Waals surface area (Å²) in [5.41, 5.74) is 0. The highest BCUT2D eigenvalue weighted by Crippen LogP contribution is 2.49. The van der Waals surface area contributed by atoms with Crippen LogP contribution in [-0.2, 0) is 46.6 Å². The monoisotopic (exact) mass is 1010 g/mol. The van der Waals surface area contributed by atoms with Gasteiger partial charge >= 0.3 is 27.6 Å². The third-order valence-electron chi connectivity index (χ3n) is 12.1. The minimum Gasteiger partial charge on any atom is -0.462 e. The van der Waals surface area contributed by atoms with Gasteiger partial charge in [-0.25, -0.2) is 9.13 Å². The SMILES string of the molecule is CCCCC/C=C\C/C=C\CCCCCCCC(=O)OC[C@@H]1COP(=O)(O)O[C@H]2[C@H](O)[C@@H](O)[C@H](O)[C@@H](CCCCCCC(=O)O1)C(=O)C[C@@H](O)[C@H](C=C[C@@H](O)CCCCC)[C@@H](O)[C@H]2OP(=O)(O)O. The van der Waals surface area contributed by atoms with E-state index in [1.165, 1.54) is 25.3 Å². The van der Waals surface area contributed by atoms with Gasteiger partial charge in [-0.1, -0.05) is 121 Å². The Hall–Kier alpha value is -2.19. The van der Waals surface area contributed by atoms with E-state index in [4.69, 9.17) is 23.0 Å². The lowest BCUT2D eigenvalue weighted by atomic mass is 9.83. The summed E-state index contributed by atoms with van der Waals surface area (Å²) in [7, 11) is -11.5. The molecule has 68 heavy (non-hydrogen) atoms. The Kier molecular flexibility index (Phi) is 31.2. The zero-order valence-corrected chi connectivity index (χ0v) is 41.8. The molecule has 2 bridgehead atoms. The van der Waals surface area contributed by atoms with Crippen molar-refractivity contribution >= 4 is 33.4 Å². The lowest BCUT2D eigenvalue weighted by molar-refractivity contribution is -0.165. The van der Waals surface area contributed by atoms with Crippen molar-refractivity contribution in [3.8, 4) is 0 Å². The maximum absolute atomic E-state index is 13.7. The quantitative estimate of drug-likeness (QED) is 0.0228. The summed E-state index contributed by atoms with van der Waals surface area (Å²) >= 11 is 0. The number of carbonyl (C=O) groups excluding carboxylic acids is 3. The van der Waals surface area contributed by atoms with Gasteiger partial charge in [0.2, 0.25) is 0 Å². The molecule has 0 aromatic heterocycles. The molecular formula is C47H82O19P2. The number of aliphatic hydroxyl groups excluding tert-OH is 6. The highest BCUT2D eigenvalue weighted by molar-refractivity contribution is 7.47. The van der Waals surface area contributed by atoms with E-state index in [0.717, 1.165) is 63.9 Å². The predicted molar refractivity (Wildman–Crippen MR) is 251 cm³/mol. The van der Waals surface area contributed by atoms with E-state index >= 15 is 0 Å². The second-order valence-corrected chi connectivity index (χ2v) is 20.6. The molecule has 0 amide bonds. The van der Waals surface area contributed by atoms with Crippen molar-refractivity contribution in [2.45, 2.75) is 216 Å². The maximum atomic E-state index is 13.7. The Bertz CT molecular complexity index is 1620. The van der Waals surface area contributed by atoms with Crippen LogP contribution in [0.3, 0.4) is 0 Å². The molecule has 1 aliphatic heterocycles. The average molecular weight is 1010 g/mol. The summed E-state index contributed by atoms with van der Waals surface area (Å²) in [4.78, 5) is 70.4. The number of aliphatic hydroxyl groups is 6. The molecule has 12 atom stereocenters. The van der Waals surface area contributed by atoms with Crippen molar-refractivity contribution in [1.29, 1.82) is 0 Å². The van der Waals surface area contributed by atoms with Crippen LogP contribution in [0.5, 0.6) is 0 Å². The van der Waals surface area contributed by atoms with Crippen LogP contribution in [0.15, 0.2) is 36.5 Å². The molecule has 2 rings (SSSR count). The van der Waals surface area contributed by atoms with E-state index in [-0.39, 0.29) is 32.1 Å². The Labute approximate surface area is 402 Å². The van der Waals surface area contributed by atoms with Gasteiger partial charge in [-0.3, -0.25) is 28.0 Å². The number of unbranched alkanes of at least 4 members (excludes halogenated alkanes) is 10. The summed E-state index contributed by atoms with van der Waals surface area (Å²) in [6.07, 6.45) is 5.05. The van der Waals surface area contributed by atoms with Gasteiger partial charge in [0.15, 0.2) is 6.10 Å². The number of fused-ring (bicyclic) bond motifs is 4. The molecule has 394 valence electrons. The molecule has 1 unspecified atom stereocenters. The lowest BCUT2D eigenvalue weighted by Crippen LogP contribution is -2.56. The molecule has 21 heteroatoms. The Morgan fingerprint density at radius 1 is 0.824 bits per heavy atom. The molecule has 0 radical (unpaired) electrons. The van der Waals surface area contributed by atoms with E-state index in [9.17, 15) is 68.8 Å². The van der Waals surface area contributed by atoms with Crippen molar-refractivity contribution in [1.82, 2.24) is 0 Å². The summed E-state index contributed by atoms with van der Waals surface area (Å²) in [6.45, 7) is 2.54. The van der Waals surface area contributed by atoms with Gasteiger partial charge < -0.3 is 54.8 Å². The van der Waals surface area contributed by atoms with Crippen LogP contribution in [0.2, 0.25) is 0 Å². The van der Waals surface area contributed by atoms with Crippen LogP contribution in [0.1, 0.15) is 162 Å². The minimum absolute atomic E-state index is 0.0415. The Balaban J connectivity index is 2.30. The standard InChI is InChI=1S/C47H82O19P2/c1-3-5-7-8-9-10-11-12-13-14-15-16-17-18-23-27-40(51)62-32-35-33-63-68(60,61)66-47-45(56)44(55)42(53)36(26-22-19-20-24-28-41(52)64-35)38(49)31-39(50)37(30-29-34(48)25-21-6-4-2)43(54)46(47)65-67(57,58)59/h9-10,12-13,29-30,34-37,39,42-48,50,53-56H,3-8,11,14-28,31-33H2,1-2H3,(H,60,61)(H2,57,58,59)/b10-9-,13-12-,30-29?/t34-,35+,36-,37-,39+,42+,43+,44-,45+,46+,47-/m0/s1. The van der Waals surface area contributed by atoms with Gasteiger partial charge in [-0.15, -0.1) is 0 Å². The number of rotatable bonds is 24. The number of phosphoric acid groups is 2. The van der Waals surface area contributed by atoms with Crippen LogP contribution in [-0.4, -0.2) is 131 Å². The summed E-state index contributed by atoms with van der Waals surface area (Å²) in [5, 5.41) is 68.1. The van der Waals surface area contributed by atoms with Gasteiger partial charge in [0.1, 0.15) is 36.8 Å². The van der Waals surface area contributed by atoms with E-state index in [0.29, 0.717) is 32.1 Å². The number of Topliss-reactive ketones (excluding diaryl/α,β-unsaturated/α-hetero) is 1. The number of cyclic esters (lactones) is 1. The molecule has 0 aromatic carbocycles. The van der Waals surface area contributed by atoms with Gasteiger partial charge in [0, 0.05) is 31.1 Å². The van der Waals surface area contributed by atoms with Gasteiger partial charge in [-0.2, -0.15) is 0 Å². The highest BCUT2D eigenvalue weighted by atomic mass is 31.2. The number of ether oxygens (including phenoxy) is 2. The smallest absolute Gasteiger partial charge is 0.462 e. The van der Waals surface area contributed by atoms with Crippen molar-refractivity contribution in [2.75, 3.05) is 13.2 Å². The van der Waals surface area contributed by atoms with Crippen LogP contribution < -0.4 is 0 Å². The molecule has 2 aliphatic rings. The first-order valence-electron chi connectivity index (χ1n) is 24.6. The molecule has 1 aliphatic carbocycles. The predicted octanol–water partition coefficient (Wildman–Crippen LogP) is 6.10. The molecule has 1 saturated carbocycles. The zero-order chi connectivity index (χ0) is 50.5. The number of hydrogen-bond donors (Lipinski definition) is 9. The van der Waals surface area contributed by atoms with Gasteiger partial charge in [-0.05, 0) is 57.8 Å². The first-order valence-corrected chi connectivity index (χ1v) is 27.7. The summed E-state index contributed by atoms with van der Waals surface area (Å²) in [5.74, 6) is -5.48. The van der Waals surface area contributed by atoms with E-state index in [1.807, 2.05) is 6.92 Å². The maximum Gasteiger partial charge on any atom is 0.472 e. The normalized spacial score (nSPS) is 30.6. The minimum atomic E-state index is -5.77. The molecule has 1 heterocycles. The number of esters is 2. The Morgan fingerprint density at radius 2 is 1.46 bits per heavy atom. The molecule has 2 fully saturated rings. The third kappa shape index (κ3) is 25.8. The fourth-order valence-corrected chi connectivity index (χ4v) is 9.67. The fraction of sp³-hybridized carbons (Fsp3) is 0.809. The topological polar surface area (TPSA) is 314 Å². The number of carbonyl (C=O) groups is 3. The molecule has 0 spiro atoms. The molecule has 19 nitrogen and oxygen atoms in total. The van der Waals surface area contributed by atoms with Crippen LogP contribution in [0.4, 0.5) is 0 Å². The highest BCUT2D eigenvalue weighted by Gasteiger charge is 2.51. The first-order chi connectivity index (χ1) is 32.3. The number of allylic oxidation sites excluding steroid dienone is 4. The number of ketones is 1. The summed E-state index contributed by atoms with van der Waals surface area (Å²) < 4.78 is 52.1. The van der Waals surface area contributed by atoms with Crippen LogP contribution >= 0.6 is 15.6 Å². The lowest BCUT2D eigenvalue weighted by Gasteiger charge is -2.38. The largest absolute Gasteiger partial charge is 0.472 e. The third-order valence-corrected chi connectivity index (χ3v) is 13.6.